The summed E-state index contributed by atoms with van der Waals surface area (Å²) in [6, 6.07) is 0. The average Bonchev–Trinajstić information content (AvgIpc) is 3.00. The fourth-order valence-corrected chi connectivity index (χ4v) is 3.73. The van der Waals surface area contributed by atoms with Gasteiger partial charge in [0.2, 0.25) is 15.9 Å². The number of hydrogen-bond donors (Lipinski definition) is 3. The van der Waals surface area contributed by atoms with Gasteiger partial charge in [0.1, 0.15) is 4.90 Å². The number of aryl methyl sites for hydroxylation is 1. The highest BCUT2D eigenvalue weighted by Gasteiger charge is 2.32. The van der Waals surface area contributed by atoms with E-state index in [2.05, 4.69) is 20.5 Å². The summed E-state index contributed by atoms with van der Waals surface area (Å²) >= 11 is 0. The molecule has 1 fully saturated rings. The van der Waals surface area contributed by atoms with Crippen LogP contribution in [0.2, 0.25) is 0 Å². The normalized spacial score (nSPS) is 17.6. The highest BCUT2D eigenvalue weighted by molar-refractivity contribution is 7.89. The number of piperidine rings is 1. The molecular formula is C14H25N5O4S. The fourth-order valence-electron chi connectivity index (χ4n) is 2.77. The van der Waals surface area contributed by atoms with Crippen molar-refractivity contribution in [3.8, 4) is 0 Å². The highest BCUT2D eigenvalue weighted by atomic mass is 32.2. The van der Waals surface area contributed by atoms with Crippen LogP contribution in [0.5, 0.6) is 0 Å². The molecule has 0 atom stereocenters. The number of hydrogen-bond acceptors (Lipinski definition) is 6. The minimum Gasteiger partial charge on any atom is -0.384 e. The maximum Gasteiger partial charge on any atom is 0.244 e. The van der Waals surface area contributed by atoms with Crippen molar-refractivity contribution in [2.24, 2.45) is 12.5 Å². The van der Waals surface area contributed by atoms with Crippen molar-refractivity contribution in [2.75, 3.05) is 39.9 Å². The monoisotopic (exact) mass is 359 g/mol. The van der Waals surface area contributed by atoms with Gasteiger partial charge in [0.15, 0.2) is 0 Å². The number of aromatic nitrogens is 2. The lowest BCUT2D eigenvalue weighted by molar-refractivity contribution is -0.120. The second-order valence-corrected chi connectivity index (χ2v) is 7.90. The van der Waals surface area contributed by atoms with E-state index in [1.165, 1.54) is 17.1 Å². The van der Waals surface area contributed by atoms with Gasteiger partial charge in [-0.2, -0.15) is 5.10 Å². The Hall–Kier alpha value is -1.49. The van der Waals surface area contributed by atoms with Crippen LogP contribution in [0.4, 0.5) is 0 Å². The van der Waals surface area contributed by atoms with Gasteiger partial charge in [-0.15, -0.1) is 0 Å². The molecule has 1 saturated heterocycles. The third-order valence-corrected chi connectivity index (χ3v) is 5.55. The summed E-state index contributed by atoms with van der Waals surface area (Å²) in [7, 11) is -0.461. The van der Waals surface area contributed by atoms with Crippen molar-refractivity contribution in [2.45, 2.75) is 17.7 Å². The lowest BCUT2D eigenvalue weighted by Crippen LogP contribution is -2.48. The number of carbonyl (C=O) groups excluding carboxylic acids is 1. The van der Waals surface area contributed by atoms with E-state index in [4.69, 9.17) is 4.74 Å². The van der Waals surface area contributed by atoms with Gasteiger partial charge < -0.3 is 15.4 Å². The highest BCUT2D eigenvalue weighted by Crippen LogP contribution is 2.28. The van der Waals surface area contributed by atoms with Crippen LogP contribution in [0.1, 0.15) is 12.8 Å². The molecule has 0 unspecified atom stereocenters. The molecule has 2 heterocycles. The van der Waals surface area contributed by atoms with E-state index in [0.29, 0.717) is 13.2 Å². The molecule has 9 nitrogen and oxygen atoms in total. The lowest BCUT2D eigenvalue weighted by atomic mass is 9.79. The Balaban J connectivity index is 1.84. The predicted molar refractivity (Wildman–Crippen MR) is 87.8 cm³/mol. The molecule has 3 N–H and O–H groups in total. The van der Waals surface area contributed by atoms with Gasteiger partial charge in [-0.1, -0.05) is 0 Å². The smallest absolute Gasteiger partial charge is 0.244 e. The summed E-state index contributed by atoms with van der Waals surface area (Å²) in [5, 5.41) is 9.91. The number of carbonyl (C=O) groups is 1. The van der Waals surface area contributed by atoms with Crippen molar-refractivity contribution in [3.05, 3.63) is 12.4 Å². The Morgan fingerprint density at radius 3 is 2.75 bits per heavy atom. The Morgan fingerprint density at radius 2 is 2.17 bits per heavy atom. The van der Waals surface area contributed by atoms with Crippen molar-refractivity contribution in [3.63, 3.8) is 0 Å². The summed E-state index contributed by atoms with van der Waals surface area (Å²) in [5.74, 6) is -0.364. The molecule has 0 aliphatic carbocycles. The molecule has 1 aliphatic heterocycles. The van der Waals surface area contributed by atoms with Crippen molar-refractivity contribution in [1.29, 1.82) is 0 Å². The second kappa shape index (κ2) is 8.06. The SMILES string of the molecule is COCC1(CNC(=O)CNS(=O)(=O)c2cnn(C)c2)CCNCC1. The van der Waals surface area contributed by atoms with E-state index in [-0.39, 0.29) is 22.8 Å². The number of nitrogens with one attached hydrogen (secondary N) is 3. The Bertz CT molecular complexity index is 646. The van der Waals surface area contributed by atoms with Crippen LogP contribution in [0.3, 0.4) is 0 Å². The molecule has 1 aromatic rings. The number of ether oxygens (including phenoxy) is 1. The largest absolute Gasteiger partial charge is 0.384 e. The summed E-state index contributed by atoms with van der Waals surface area (Å²) < 4.78 is 33.1. The van der Waals surface area contributed by atoms with Crippen LogP contribution in [0, 0.1) is 5.41 Å². The number of sulfonamides is 1. The first kappa shape index (κ1) is 18.8. The third-order valence-electron chi connectivity index (χ3n) is 4.19. The van der Waals surface area contributed by atoms with Crippen LogP contribution in [0.25, 0.3) is 0 Å². The van der Waals surface area contributed by atoms with Crippen LogP contribution in [-0.4, -0.2) is 64.0 Å². The van der Waals surface area contributed by atoms with Gasteiger partial charge in [0, 0.05) is 32.3 Å². The van der Waals surface area contributed by atoms with Crippen molar-refractivity contribution >= 4 is 15.9 Å². The predicted octanol–water partition coefficient (Wildman–Crippen LogP) is -1.17. The standard InChI is InChI=1S/C14H25N5O4S/c1-19-9-12(7-17-19)24(21,22)18-8-13(20)16-10-14(11-23-2)3-5-15-6-4-14/h7,9,15,18H,3-6,8,10-11H2,1-2H3,(H,16,20). The zero-order chi connectivity index (χ0) is 17.6. The maximum atomic E-state index is 12.0. The number of methoxy groups -OCH3 is 1. The molecule has 1 aliphatic rings. The second-order valence-electron chi connectivity index (χ2n) is 6.13. The molecular weight excluding hydrogens is 334 g/mol. The molecule has 24 heavy (non-hydrogen) atoms. The van der Waals surface area contributed by atoms with E-state index in [1.54, 1.807) is 14.2 Å². The average molecular weight is 359 g/mol. The zero-order valence-electron chi connectivity index (χ0n) is 14.0. The molecule has 1 aromatic heterocycles. The summed E-state index contributed by atoms with van der Waals surface area (Å²) in [4.78, 5) is 12.0. The lowest BCUT2D eigenvalue weighted by Gasteiger charge is -2.37. The first-order valence-electron chi connectivity index (χ1n) is 7.82. The minimum absolute atomic E-state index is 0.0343. The van der Waals surface area contributed by atoms with E-state index in [9.17, 15) is 13.2 Å². The molecule has 0 aromatic carbocycles. The minimum atomic E-state index is -3.73. The third kappa shape index (κ3) is 5.00. The van der Waals surface area contributed by atoms with Gasteiger partial charge >= 0.3 is 0 Å². The Labute approximate surface area is 142 Å². The topological polar surface area (TPSA) is 114 Å². The maximum absolute atomic E-state index is 12.0. The van der Waals surface area contributed by atoms with Gasteiger partial charge in [0.25, 0.3) is 0 Å². The van der Waals surface area contributed by atoms with Crippen LogP contribution in [0.15, 0.2) is 17.3 Å². The first-order valence-corrected chi connectivity index (χ1v) is 9.30. The molecule has 136 valence electrons. The van der Waals surface area contributed by atoms with Gasteiger partial charge in [-0.05, 0) is 25.9 Å². The number of rotatable bonds is 8. The number of amides is 1. The molecule has 0 radical (unpaired) electrons. The molecule has 2 rings (SSSR count). The fraction of sp³-hybridized carbons (Fsp3) is 0.714. The van der Waals surface area contributed by atoms with Gasteiger partial charge in [-0.25, -0.2) is 13.1 Å². The summed E-state index contributed by atoms with van der Waals surface area (Å²) in [6.45, 7) is 2.49. The van der Waals surface area contributed by atoms with Crippen molar-refractivity contribution in [1.82, 2.24) is 25.1 Å². The van der Waals surface area contributed by atoms with Gasteiger partial charge in [0.05, 0.1) is 19.3 Å². The molecule has 0 saturated carbocycles. The zero-order valence-corrected chi connectivity index (χ0v) is 14.9. The quantitative estimate of drug-likeness (QED) is 0.539. The number of nitrogens with zero attached hydrogens (tertiary/aromatic N) is 2. The first-order chi connectivity index (χ1) is 11.4. The van der Waals surface area contributed by atoms with E-state index >= 15 is 0 Å². The van der Waals surface area contributed by atoms with Gasteiger partial charge in [-0.3, -0.25) is 9.48 Å². The van der Waals surface area contributed by atoms with E-state index < -0.39 is 10.0 Å². The van der Waals surface area contributed by atoms with E-state index in [0.717, 1.165) is 25.9 Å². The molecule has 10 heteroatoms. The molecule has 0 spiro atoms. The molecule has 0 bridgehead atoms. The van der Waals surface area contributed by atoms with Crippen molar-refractivity contribution < 1.29 is 17.9 Å². The Morgan fingerprint density at radius 1 is 1.46 bits per heavy atom. The van der Waals surface area contributed by atoms with E-state index in [1.807, 2.05) is 0 Å². The summed E-state index contributed by atoms with van der Waals surface area (Å²) in [5.41, 5.74) is -0.0993. The van der Waals surface area contributed by atoms with Crippen LogP contribution >= 0.6 is 0 Å². The molecule has 1 amide bonds. The summed E-state index contributed by atoms with van der Waals surface area (Å²) in [6.07, 6.45) is 4.43. The van der Waals surface area contributed by atoms with Crippen LogP contribution < -0.4 is 15.4 Å². The van der Waals surface area contributed by atoms with Crippen LogP contribution in [-0.2, 0) is 26.6 Å². The Kier molecular flexibility index (Phi) is 6.33.